The van der Waals surface area contributed by atoms with E-state index in [1.54, 1.807) is 6.26 Å². The van der Waals surface area contributed by atoms with Gasteiger partial charge < -0.3 is 4.42 Å². The Hall–Kier alpha value is -2.96. The molecule has 2 heterocycles. The molecule has 0 fully saturated rings. The van der Waals surface area contributed by atoms with Crippen LogP contribution in [0, 0.1) is 4.77 Å². The summed E-state index contributed by atoms with van der Waals surface area (Å²) in [5, 5.41) is 4.82. The van der Waals surface area contributed by atoms with Gasteiger partial charge >= 0.3 is 0 Å². The van der Waals surface area contributed by atoms with Crippen LogP contribution in [0.5, 0.6) is 0 Å². The molecule has 0 spiro atoms. The van der Waals surface area contributed by atoms with Crippen LogP contribution in [0.3, 0.4) is 0 Å². The number of furan rings is 1. The Balaban J connectivity index is 1.65. The summed E-state index contributed by atoms with van der Waals surface area (Å²) in [6.07, 6.45) is 1.66. The summed E-state index contributed by atoms with van der Waals surface area (Å²) in [5.41, 5.74) is 2.45. The summed E-state index contributed by atoms with van der Waals surface area (Å²) < 4.78 is 10.3. The monoisotopic (exact) mass is 404 g/mol. The van der Waals surface area contributed by atoms with E-state index in [-0.39, 0.29) is 0 Å². The van der Waals surface area contributed by atoms with E-state index in [9.17, 15) is 0 Å². The van der Waals surface area contributed by atoms with Gasteiger partial charge in [0.05, 0.1) is 19.5 Å². The molecule has 4 aromatic rings. The molecule has 0 aliphatic heterocycles. The highest BCUT2D eigenvalue weighted by Crippen LogP contribution is 2.21. The fraction of sp³-hybridized carbons (Fsp3) is 0.217. The number of benzene rings is 2. The van der Waals surface area contributed by atoms with Crippen LogP contribution in [0.2, 0.25) is 0 Å². The maximum atomic E-state index is 5.81. The molecule has 0 saturated heterocycles. The van der Waals surface area contributed by atoms with Crippen LogP contribution in [0.4, 0.5) is 0 Å². The van der Waals surface area contributed by atoms with E-state index in [0.717, 1.165) is 24.7 Å². The molecule has 4 rings (SSSR count). The molecule has 0 unspecified atom stereocenters. The first kappa shape index (κ1) is 19.4. The van der Waals surface area contributed by atoms with Gasteiger partial charge in [0.25, 0.3) is 0 Å². The van der Waals surface area contributed by atoms with E-state index in [2.05, 4.69) is 48.2 Å². The standard InChI is InChI=1S/C23H24N4OS/c1-2-25(16-19-10-5-3-6-11-19)18-27-23(29)26(17-20-12-7-4-8-13-20)22(24-27)21-14-9-15-28-21/h3-15H,2,16-18H2,1H3. The van der Waals surface area contributed by atoms with Crippen LogP contribution in [0.1, 0.15) is 18.1 Å². The largest absolute Gasteiger partial charge is 0.461 e. The van der Waals surface area contributed by atoms with Crippen molar-refractivity contribution in [2.75, 3.05) is 6.54 Å². The van der Waals surface area contributed by atoms with Crippen molar-refractivity contribution in [3.05, 3.63) is 95.0 Å². The number of hydrogen-bond donors (Lipinski definition) is 0. The van der Waals surface area contributed by atoms with Crippen molar-refractivity contribution in [1.29, 1.82) is 0 Å². The van der Waals surface area contributed by atoms with Crippen LogP contribution in [-0.4, -0.2) is 25.8 Å². The van der Waals surface area contributed by atoms with E-state index < -0.39 is 0 Å². The lowest BCUT2D eigenvalue weighted by atomic mass is 10.2. The summed E-state index contributed by atoms with van der Waals surface area (Å²) in [6.45, 7) is 5.18. The van der Waals surface area contributed by atoms with Crippen molar-refractivity contribution in [3.8, 4) is 11.6 Å². The molecule has 0 atom stereocenters. The van der Waals surface area contributed by atoms with Gasteiger partial charge in [-0.3, -0.25) is 9.47 Å². The zero-order valence-electron chi connectivity index (χ0n) is 16.4. The summed E-state index contributed by atoms with van der Waals surface area (Å²) in [6, 6.07) is 24.5. The fourth-order valence-electron chi connectivity index (χ4n) is 3.32. The minimum Gasteiger partial charge on any atom is -0.461 e. The second-order valence-electron chi connectivity index (χ2n) is 6.93. The van der Waals surface area contributed by atoms with Gasteiger partial charge in [0.15, 0.2) is 16.4 Å². The lowest BCUT2D eigenvalue weighted by Gasteiger charge is -2.20. The molecule has 2 aromatic carbocycles. The normalized spacial score (nSPS) is 11.2. The smallest absolute Gasteiger partial charge is 0.199 e. The summed E-state index contributed by atoms with van der Waals surface area (Å²) >= 11 is 5.81. The molecule has 5 nitrogen and oxygen atoms in total. The second-order valence-corrected chi connectivity index (χ2v) is 7.29. The molecular formula is C23H24N4OS. The van der Waals surface area contributed by atoms with Gasteiger partial charge in [0, 0.05) is 6.54 Å². The molecule has 0 radical (unpaired) electrons. The topological polar surface area (TPSA) is 39.1 Å². The van der Waals surface area contributed by atoms with Crippen molar-refractivity contribution >= 4 is 12.2 Å². The number of aromatic nitrogens is 3. The SMILES string of the molecule is CCN(Cc1ccccc1)Cn1nc(-c2ccco2)n(Cc2ccccc2)c1=S. The van der Waals surface area contributed by atoms with Crippen LogP contribution in [0.15, 0.2) is 83.5 Å². The van der Waals surface area contributed by atoms with Crippen LogP contribution >= 0.6 is 12.2 Å². The lowest BCUT2D eigenvalue weighted by Crippen LogP contribution is -2.26. The molecular weight excluding hydrogens is 380 g/mol. The average molecular weight is 405 g/mol. The predicted molar refractivity (Wildman–Crippen MR) is 117 cm³/mol. The van der Waals surface area contributed by atoms with Crippen molar-refractivity contribution in [2.45, 2.75) is 26.7 Å². The molecule has 0 amide bonds. The van der Waals surface area contributed by atoms with E-state index in [0.29, 0.717) is 18.0 Å². The first-order chi connectivity index (χ1) is 14.2. The molecule has 29 heavy (non-hydrogen) atoms. The first-order valence-electron chi connectivity index (χ1n) is 9.76. The minimum absolute atomic E-state index is 0.625. The summed E-state index contributed by atoms with van der Waals surface area (Å²) in [7, 11) is 0. The number of rotatable bonds is 8. The van der Waals surface area contributed by atoms with Gasteiger partial charge in [-0.15, -0.1) is 5.10 Å². The minimum atomic E-state index is 0.625. The molecule has 6 heteroatoms. The highest BCUT2D eigenvalue weighted by Gasteiger charge is 2.17. The molecule has 0 saturated carbocycles. The van der Waals surface area contributed by atoms with E-state index in [1.165, 1.54) is 11.1 Å². The Kier molecular flexibility index (Phi) is 6.03. The molecule has 148 valence electrons. The van der Waals surface area contributed by atoms with Crippen LogP contribution in [-0.2, 0) is 19.8 Å². The first-order valence-corrected chi connectivity index (χ1v) is 10.2. The van der Waals surface area contributed by atoms with Crippen molar-refractivity contribution < 1.29 is 4.42 Å². The van der Waals surface area contributed by atoms with Gasteiger partial charge in [-0.2, -0.15) is 0 Å². The van der Waals surface area contributed by atoms with E-state index in [1.807, 2.05) is 45.6 Å². The molecule has 0 bridgehead atoms. The highest BCUT2D eigenvalue weighted by molar-refractivity contribution is 7.71. The Labute approximate surface area is 175 Å². The Bertz CT molecular complexity index is 1090. The van der Waals surface area contributed by atoms with Gasteiger partial charge in [-0.25, -0.2) is 4.68 Å². The Morgan fingerprint density at radius 3 is 2.24 bits per heavy atom. The molecule has 0 aliphatic rings. The number of hydrogen-bond acceptors (Lipinski definition) is 4. The third-order valence-electron chi connectivity index (χ3n) is 4.88. The second kappa shape index (κ2) is 9.03. The van der Waals surface area contributed by atoms with Gasteiger partial charge in [-0.1, -0.05) is 67.6 Å². The van der Waals surface area contributed by atoms with Crippen molar-refractivity contribution in [1.82, 2.24) is 19.2 Å². The van der Waals surface area contributed by atoms with Gasteiger partial charge in [-0.05, 0) is 42.0 Å². The van der Waals surface area contributed by atoms with Crippen LogP contribution < -0.4 is 0 Å². The summed E-state index contributed by atoms with van der Waals surface area (Å²) in [5.74, 6) is 1.47. The average Bonchev–Trinajstić information content (AvgIpc) is 3.39. The fourth-order valence-corrected chi connectivity index (χ4v) is 3.57. The summed E-state index contributed by atoms with van der Waals surface area (Å²) in [4.78, 5) is 2.32. The maximum Gasteiger partial charge on any atom is 0.199 e. The third-order valence-corrected chi connectivity index (χ3v) is 5.31. The van der Waals surface area contributed by atoms with Crippen molar-refractivity contribution in [3.63, 3.8) is 0 Å². The van der Waals surface area contributed by atoms with E-state index in [4.69, 9.17) is 21.7 Å². The Morgan fingerprint density at radius 2 is 1.62 bits per heavy atom. The third kappa shape index (κ3) is 4.55. The van der Waals surface area contributed by atoms with Crippen LogP contribution in [0.25, 0.3) is 11.6 Å². The molecule has 0 aliphatic carbocycles. The van der Waals surface area contributed by atoms with Crippen molar-refractivity contribution in [2.24, 2.45) is 0 Å². The van der Waals surface area contributed by atoms with E-state index >= 15 is 0 Å². The zero-order chi connectivity index (χ0) is 20.1. The van der Waals surface area contributed by atoms with Gasteiger partial charge in [0.1, 0.15) is 0 Å². The highest BCUT2D eigenvalue weighted by atomic mass is 32.1. The lowest BCUT2D eigenvalue weighted by molar-refractivity contribution is 0.207. The Morgan fingerprint density at radius 1 is 0.931 bits per heavy atom. The quantitative estimate of drug-likeness (QED) is 0.378. The zero-order valence-corrected chi connectivity index (χ0v) is 17.3. The maximum absolute atomic E-state index is 5.81. The molecule has 0 N–H and O–H groups in total. The molecule has 2 aromatic heterocycles. The predicted octanol–water partition coefficient (Wildman–Crippen LogP) is 5.20. The number of nitrogens with zero attached hydrogens (tertiary/aromatic N) is 4. The van der Waals surface area contributed by atoms with Gasteiger partial charge in [0.2, 0.25) is 0 Å².